The second-order valence-corrected chi connectivity index (χ2v) is 4.97. The molecule has 1 saturated carbocycles. The van der Waals surface area contributed by atoms with Crippen LogP contribution in [-0.4, -0.2) is 6.29 Å². The molecule has 0 aliphatic heterocycles. The van der Waals surface area contributed by atoms with E-state index in [1.807, 2.05) is 18.2 Å². The van der Waals surface area contributed by atoms with Crippen LogP contribution >= 0.6 is 0 Å². The summed E-state index contributed by atoms with van der Waals surface area (Å²) in [6, 6.07) is 8.08. The Morgan fingerprint density at radius 3 is 2.69 bits per heavy atom. The molecule has 0 N–H and O–H groups in total. The molecule has 1 aromatic rings. The molecule has 0 amide bonds. The van der Waals surface area contributed by atoms with Crippen LogP contribution in [0.15, 0.2) is 24.3 Å². The second kappa shape index (κ2) is 5.29. The maximum Gasteiger partial charge on any atom is 0.150 e. The molecule has 1 unspecified atom stereocenters. The smallest absolute Gasteiger partial charge is 0.150 e. The minimum Gasteiger partial charge on any atom is -0.298 e. The van der Waals surface area contributed by atoms with Gasteiger partial charge in [0.2, 0.25) is 0 Å². The van der Waals surface area contributed by atoms with Crippen molar-refractivity contribution >= 4 is 6.29 Å². The summed E-state index contributed by atoms with van der Waals surface area (Å²) >= 11 is 0. The van der Waals surface area contributed by atoms with Crippen molar-refractivity contribution in [3.8, 4) is 0 Å². The fourth-order valence-corrected chi connectivity index (χ4v) is 2.82. The van der Waals surface area contributed by atoms with E-state index in [0.717, 1.165) is 17.8 Å². The molecule has 1 atom stereocenters. The van der Waals surface area contributed by atoms with Gasteiger partial charge in [-0.1, -0.05) is 44.4 Å². The average molecular weight is 216 g/mol. The molecular weight excluding hydrogens is 196 g/mol. The van der Waals surface area contributed by atoms with E-state index in [2.05, 4.69) is 13.0 Å². The topological polar surface area (TPSA) is 17.1 Å². The minimum absolute atomic E-state index is 0.597. The molecule has 1 nitrogen and oxygen atoms in total. The van der Waals surface area contributed by atoms with Gasteiger partial charge in [-0.05, 0) is 36.3 Å². The minimum atomic E-state index is 0.597. The van der Waals surface area contributed by atoms with Crippen LogP contribution in [-0.2, 0) is 0 Å². The van der Waals surface area contributed by atoms with Crippen molar-refractivity contribution in [3.63, 3.8) is 0 Å². The lowest BCUT2D eigenvalue weighted by atomic mass is 9.77. The normalized spacial score (nSPS) is 19.3. The summed E-state index contributed by atoms with van der Waals surface area (Å²) in [5, 5.41) is 0. The van der Waals surface area contributed by atoms with Crippen molar-refractivity contribution in [2.75, 3.05) is 0 Å². The summed E-state index contributed by atoms with van der Waals surface area (Å²) in [7, 11) is 0. The fourth-order valence-electron chi connectivity index (χ4n) is 2.82. The highest BCUT2D eigenvalue weighted by Crippen LogP contribution is 2.35. The number of rotatable bonds is 3. The Morgan fingerprint density at radius 2 is 2.00 bits per heavy atom. The van der Waals surface area contributed by atoms with Crippen molar-refractivity contribution in [2.45, 2.75) is 44.9 Å². The summed E-state index contributed by atoms with van der Waals surface area (Å²) in [6.07, 6.45) is 7.80. The third-order valence-electron chi connectivity index (χ3n) is 3.93. The SMILES string of the molecule is CC(c1cccc(C=O)c1)C1CCCCC1. The zero-order valence-electron chi connectivity index (χ0n) is 9.99. The van der Waals surface area contributed by atoms with E-state index in [9.17, 15) is 4.79 Å². The summed E-state index contributed by atoms with van der Waals surface area (Å²) in [4.78, 5) is 10.8. The predicted molar refractivity (Wildman–Crippen MR) is 66.8 cm³/mol. The quantitative estimate of drug-likeness (QED) is 0.693. The number of hydrogen-bond acceptors (Lipinski definition) is 1. The van der Waals surface area contributed by atoms with Crippen molar-refractivity contribution in [1.29, 1.82) is 0 Å². The van der Waals surface area contributed by atoms with E-state index < -0.39 is 0 Å². The van der Waals surface area contributed by atoms with Crippen LogP contribution in [0.4, 0.5) is 0 Å². The van der Waals surface area contributed by atoms with Gasteiger partial charge in [0.15, 0.2) is 0 Å². The molecule has 2 rings (SSSR count). The number of aldehydes is 1. The number of benzene rings is 1. The summed E-state index contributed by atoms with van der Waals surface area (Å²) < 4.78 is 0. The Balaban J connectivity index is 2.12. The van der Waals surface area contributed by atoms with Gasteiger partial charge in [-0.15, -0.1) is 0 Å². The Labute approximate surface area is 97.9 Å². The lowest BCUT2D eigenvalue weighted by Crippen LogP contribution is -2.13. The van der Waals surface area contributed by atoms with Crippen molar-refractivity contribution in [1.82, 2.24) is 0 Å². The van der Waals surface area contributed by atoms with Crippen LogP contribution in [0, 0.1) is 5.92 Å². The standard InChI is InChI=1S/C15H20O/c1-12(14-7-3-2-4-8-14)15-9-5-6-13(10-15)11-16/h5-6,9-12,14H,2-4,7-8H2,1H3. The van der Waals surface area contributed by atoms with E-state index in [0.29, 0.717) is 5.92 Å². The molecule has 0 bridgehead atoms. The van der Waals surface area contributed by atoms with Crippen LogP contribution in [0.25, 0.3) is 0 Å². The zero-order valence-corrected chi connectivity index (χ0v) is 9.99. The van der Waals surface area contributed by atoms with Crippen molar-refractivity contribution in [2.24, 2.45) is 5.92 Å². The fraction of sp³-hybridized carbons (Fsp3) is 0.533. The lowest BCUT2D eigenvalue weighted by molar-refractivity contribution is 0.112. The maximum atomic E-state index is 10.8. The summed E-state index contributed by atoms with van der Waals surface area (Å²) in [5.74, 6) is 1.41. The largest absolute Gasteiger partial charge is 0.298 e. The van der Waals surface area contributed by atoms with Crippen LogP contribution < -0.4 is 0 Å². The molecule has 16 heavy (non-hydrogen) atoms. The van der Waals surface area contributed by atoms with E-state index >= 15 is 0 Å². The molecule has 86 valence electrons. The second-order valence-electron chi connectivity index (χ2n) is 4.97. The van der Waals surface area contributed by atoms with E-state index in [1.165, 1.54) is 37.7 Å². The predicted octanol–water partition coefficient (Wildman–Crippen LogP) is 4.18. The maximum absolute atomic E-state index is 10.8. The highest BCUT2D eigenvalue weighted by atomic mass is 16.1. The summed E-state index contributed by atoms with van der Waals surface area (Å²) in [6.45, 7) is 2.31. The first kappa shape index (κ1) is 11.4. The highest BCUT2D eigenvalue weighted by Gasteiger charge is 2.21. The van der Waals surface area contributed by atoms with Gasteiger partial charge < -0.3 is 0 Å². The van der Waals surface area contributed by atoms with Crippen molar-refractivity contribution < 1.29 is 4.79 Å². The van der Waals surface area contributed by atoms with Gasteiger partial charge in [-0.25, -0.2) is 0 Å². The molecule has 0 radical (unpaired) electrons. The average Bonchev–Trinajstić information content (AvgIpc) is 2.39. The van der Waals surface area contributed by atoms with Gasteiger partial charge in [0, 0.05) is 5.56 Å². The molecule has 0 heterocycles. The number of carbonyl (C=O) groups excluding carboxylic acids is 1. The Morgan fingerprint density at radius 1 is 1.25 bits per heavy atom. The van der Waals surface area contributed by atoms with Crippen LogP contribution in [0.5, 0.6) is 0 Å². The molecule has 1 aliphatic rings. The first-order valence-corrected chi connectivity index (χ1v) is 6.36. The monoisotopic (exact) mass is 216 g/mol. The van der Waals surface area contributed by atoms with Gasteiger partial charge in [0.1, 0.15) is 6.29 Å². The van der Waals surface area contributed by atoms with Crippen molar-refractivity contribution in [3.05, 3.63) is 35.4 Å². The molecule has 1 aliphatic carbocycles. The van der Waals surface area contributed by atoms with Crippen LogP contribution in [0.3, 0.4) is 0 Å². The Hall–Kier alpha value is -1.11. The summed E-state index contributed by atoms with van der Waals surface area (Å²) in [5.41, 5.74) is 2.14. The highest BCUT2D eigenvalue weighted by molar-refractivity contribution is 5.75. The van der Waals surface area contributed by atoms with Gasteiger partial charge in [-0.3, -0.25) is 4.79 Å². The third kappa shape index (κ3) is 2.52. The van der Waals surface area contributed by atoms with Gasteiger partial charge in [0.25, 0.3) is 0 Å². The van der Waals surface area contributed by atoms with E-state index in [4.69, 9.17) is 0 Å². The third-order valence-corrected chi connectivity index (χ3v) is 3.93. The number of carbonyl (C=O) groups is 1. The molecule has 1 fully saturated rings. The van der Waals surface area contributed by atoms with E-state index in [1.54, 1.807) is 0 Å². The van der Waals surface area contributed by atoms with Gasteiger partial charge >= 0.3 is 0 Å². The Kier molecular flexibility index (Phi) is 3.76. The molecule has 1 aromatic carbocycles. The Bertz CT molecular complexity index is 350. The number of hydrogen-bond donors (Lipinski definition) is 0. The van der Waals surface area contributed by atoms with Gasteiger partial charge in [0.05, 0.1) is 0 Å². The first-order chi connectivity index (χ1) is 7.81. The molecule has 1 heteroatoms. The molecule has 0 aromatic heterocycles. The molecule has 0 saturated heterocycles. The van der Waals surface area contributed by atoms with Gasteiger partial charge in [-0.2, -0.15) is 0 Å². The zero-order chi connectivity index (χ0) is 11.4. The molecule has 0 spiro atoms. The van der Waals surface area contributed by atoms with Crippen LogP contribution in [0.1, 0.15) is 60.9 Å². The lowest BCUT2D eigenvalue weighted by Gasteiger charge is -2.28. The first-order valence-electron chi connectivity index (χ1n) is 6.36. The molecular formula is C15H20O. The van der Waals surface area contributed by atoms with E-state index in [-0.39, 0.29) is 0 Å². The van der Waals surface area contributed by atoms with Crippen LogP contribution in [0.2, 0.25) is 0 Å².